The number of methoxy groups -OCH3 is 1. The summed E-state index contributed by atoms with van der Waals surface area (Å²) in [6.07, 6.45) is 0. The first-order chi connectivity index (χ1) is 6.24. The van der Waals surface area contributed by atoms with Crippen LogP contribution in [0.25, 0.3) is 0 Å². The average molecular weight is 184 g/mol. The molecule has 0 radical (unpaired) electrons. The van der Waals surface area contributed by atoms with Gasteiger partial charge in [0.05, 0.1) is 18.8 Å². The maximum absolute atomic E-state index is 5.38. The number of nitrogens with one attached hydrogen (secondary N) is 1. The molecule has 0 bridgehead atoms. The number of aryl methyl sites for hydroxylation is 2. The van der Waals surface area contributed by atoms with Gasteiger partial charge in [0, 0.05) is 20.6 Å². The third-order valence-corrected chi connectivity index (χ3v) is 1.77. The van der Waals surface area contributed by atoms with Gasteiger partial charge in [0.15, 0.2) is 5.89 Å². The lowest BCUT2D eigenvalue weighted by atomic mass is 10.4. The molecule has 0 saturated carbocycles. The van der Waals surface area contributed by atoms with Gasteiger partial charge in [0.25, 0.3) is 0 Å². The summed E-state index contributed by atoms with van der Waals surface area (Å²) in [5.74, 6) is 1.63. The van der Waals surface area contributed by atoms with Gasteiger partial charge < -0.3 is 14.5 Å². The van der Waals surface area contributed by atoms with Crippen molar-refractivity contribution in [1.29, 1.82) is 0 Å². The summed E-state index contributed by atoms with van der Waals surface area (Å²) >= 11 is 0. The quantitative estimate of drug-likeness (QED) is 0.694. The zero-order valence-corrected chi connectivity index (χ0v) is 8.39. The fourth-order valence-electron chi connectivity index (χ4n) is 1.11. The van der Waals surface area contributed by atoms with Gasteiger partial charge in [-0.1, -0.05) is 0 Å². The molecule has 1 N–H and O–H groups in total. The summed E-state index contributed by atoms with van der Waals surface area (Å²) in [4.78, 5) is 4.17. The lowest BCUT2D eigenvalue weighted by molar-refractivity contribution is 0.198. The van der Waals surface area contributed by atoms with E-state index in [9.17, 15) is 0 Å². The molecule has 0 aromatic carbocycles. The Morgan fingerprint density at radius 3 is 2.77 bits per heavy atom. The molecule has 0 spiro atoms. The van der Waals surface area contributed by atoms with Crippen LogP contribution in [0.2, 0.25) is 0 Å². The molecule has 1 rings (SSSR count). The predicted molar refractivity (Wildman–Crippen MR) is 49.6 cm³/mol. The second-order valence-electron chi connectivity index (χ2n) is 2.91. The molecule has 0 aliphatic carbocycles. The average Bonchev–Trinajstić information content (AvgIpc) is 2.39. The molecule has 1 aromatic heterocycles. The van der Waals surface area contributed by atoms with E-state index >= 15 is 0 Å². The van der Waals surface area contributed by atoms with Crippen molar-refractivity contribution in [2.24, 2.45) is 0 Å². The molecule has 0 fully saturated rings. The van der Waals surface area contributed by atoms with Crippen LogP contribution in [0.15, 0.2) is 4.42 Å². The van der Waals surface area contributed by atoms with Crippen LogP contribution in [0.4, 0.5) is 0 Å². The molecular weight excluding hydrogens is 168 g/mol. The van der Waals surface area contributed by atoms with Crippen molar-refractivity contribution < 1.29 is 9.15 Å². The standard InChI is InChI=1S/C9H16N2O2/c1-7-9(13-8(2)11-7)6-10-4-5-12-3/h10H,4-6H2,1-3H3. The number of hydrogen-bond donors (Lipinski definition) is 1. The molecule has 0 aliphatic rings. The summed E-state index contributed by atoms with van der Waals surface area (Å²) in [5, 5.41) is 3.20. The van der Waals surface area contributed by atoms with Crippen LogP contribution in [0.5, 0.6) is 0 Å². The van der Waals surface area contributed by atoms with E-state index < -0.39 is 0 Å². The van der Waals surface area contributed by atoms with E-state index in [-0.39, 0.29) is 0 Å². The van der Waals surface area contributed by atoms with Gasteiger partial charge in [-0.05, 0) is 6.92 Å². The Hall–Kier alpha value is -0.870. The van der Waals surface area contributed by atoms with E-state index in [2.05, 4.69) is 10.3 Å². The number of nitrogens with zero attached hydrogens (tertiary/aromatic N) is 1. The Balaban J connectivity index is 2.32. The highest BCUT2D eigenvalue weighted by atomic mass is 16.5. The third kappa shape index (κ3) is 3.16. The Morgan fingerprint density at radius 1 is 1.46 bits per heavy atom. The van der Waals surface area contributed by atoms with Gasteiger partial charge in [-0.25, -0.2) is 4.98 Å². The van der Waals surface area contributed by atoms with Gasteiger partial charge in [-0.3, -0.25) is 0 Å². The second kappa shape index (κ2) is 4.99. The normalized spacial score (nSPS) is 10.7. The predicted octanol–water partition coefficient (Wildman–Crippen LogP) is 1.03. The van der Waals surface area contributed by atoms with Gasteiger partial charge in [-0.15, -0.1) is 0 Å². The minimum absolute atomic E-state index is 0.714. The molecule has 4 nitrogen and oxygen atoms in total. The Labute approximate surface area is 78.3 Å². The van der Waals surface area contributed by atoms with Gasteiger partial charge >= 0.3 is 0 Å². The summed E-state index contributed by atoms with van der Waals surface area (Å²) in [5.41, 5.74) is 0.961. The maximum atomic E-state index is 5.38. The van der Waals surface area contributed by atoms with Crippen molar-refractivity contribution in [3.05, 3.63) is 17.3 Å². The Morgan fingerprint density at radius 2 is 2.23 bits per heavy atom. The largest absolute Gasteiger partial charge is 0.444 e. The van der Waals surface area contributed by atoms with Gasteiger partial charge in [0.1, 0.15) is 5.76 Å². The van der Waals surface area contributed by atoms with Crippen LogP contribution in [-0.4, -0.2) is 25.2 Å². The first-order valence-corrected chi connectivity index (χ1v) is 4.36. The van der Waals surface area contributed by atoms with Crippen LogP contribution in [-0.2, 0) is 11.3 Å². The number of rotatable bonds is 5. The van der Waals surface area contributed by atoms with E-state index in [1.165, 1.54) is 0 Å². The lowest BCUT2D eigenvalue weighted by Gasteiger charge is -2.00. The zero-order valence-electron chi connectivity index (χ0n) is 8.39. The summed E-state index contributed by atoms with van der Waals surface area (Å²) in [6, 6.07) is 0. The molecular formula is C9H16N2O2. The van der Waals surface area contributed by atoms with Crippen molar-refractivity contribution >= 4 is 0 Å². The van der Waals surface area contributed by atoms with E-state index in [1.807, 2.05) is 13.8 Å². The molecule has 0 atom stereocenters. The smallest absolute Gasteiger partial charge is 0.191 e. The molecule has 1 heterocycles. The lowest BCUT2D eigenvalue weighted by Crippen LogP contribution is -2.18. The highest BCUT2D eigenvalue weighted by Crippen LogP contribution is 2.08. The Kier molecular flexibility index (Phi) is 3.92. The van der Waals surface area contributed by atoms with E-state index in [0.717, 1.165) is 30.4 Å². The van der Waals surface area contributed by atoms with Crippen molar-refractivity contribution in [3.63, 3.8) is 0 Å². The van der Waals surface area contributed by atoms with Crippen LogP contribution in [0, 0.1) is 13.8 Å². The van der Waals surface area contributed by atoms with Crippen molar-refractivity contribution in [1.82, 2.24) is 10.3 Å². The zero-order chi connectivity index (χ0) is 9.68. The second-order valence-corrected chi connectivity index (χ2v) is 2.91. The molecule has 1 aromatic rings. The maximum Gasteiger partial charge on any atom is 0.191 e. The molecule has 0 saturated heterocycles. The summed E-state index contributed by atoms with van der Waals surface area (Å²) in [6.45, 7) is 6.06. The highest BCUT2D eigenvalue weighted by Gasteiger charge is 2.04. The first kappa shape index (κ1) is 10.2. The fraction of sp³-hybridized carbons (Fsp3) is 0.667. The number of oxazole rings is 1. The Bertz CT molecular complexity index is 258. The molecule has 4 heteroatoms. The highest BCUT2D eigenvalue weighted by molar-refractivity contribution is 5.06. The minimum Gasteiger partial charge on any atom is -0.444 e. The van der Waals surface area contributed by atoms with Crippen molar-refractivity contribution in [3.8, 4) is 0 Å². The molecule has 13 heavy (non-hydrogen) atoms. The monoisotopic (exact) mass is 184 g/mol. The summed E-state index contributed by atoms with van der Waals surface area (Å²) < 4.78 is 10.3. The van der Waals surface area contributed by atoms with Crippen LogP contribution >= 0.6 is 0 Å². The minimum atomic E-state index is 0.714. The van der Waals surface area contributed by atoms with Crippen molar-refractivity contribution in [2.45, 2.75) is 20.4 Å². The molecule has 0 amide bonds. The molecule has 0 unspecified atom stereocenters. The molecule has 74 valence electrons. The van der Waals surface area contributed by atoms with Gasteiger partial charge in [-0.2, -0.15) is 0 Å². The SMILES string of the molecule is COCCNCc1oc(C)nc1C. The fourth-order valence-corrected chi connectivity index (χ4v) is 1.11. The van der Waals surface area contributed by atoms with E-state index in [1.54, 1.807) is 7.11 Å². The van der Waals surface area contributed by atoms with Crippen LogP contribution in [0.1, 0.15) is 17.3 Å². The summed E-state index contributed by atoms with van der Waals surface area (Å²) in [7, 11) is 1.69. The molecule has 0 aliphatic heterocycles. The topological polar surface area (TPSA) is 47.3 Å². The van der Waals surface area contributed by atoms with Crippen LogP contribution in [0.3, 0.4) is 0 Å². The first-order valence-electron chi connectivity index (χ1n) is 4.36. The van der Waals surface area contributed by atoms with E-state index in [4.69, 9.17) is 9.15 Å². The van der Waals surface area contributed by atoms with Crippen molar-refractivity contribution in [2.75, 3.05) is 20.3 Å². The van der Waals surface area contributed by atoms with Gasteiger partial charge in [0.2, 0.25) is 0 Å². The number of aromatic nitrogens is 1. The third-order valence-electron chi connectivity index (χ3n) is 1.77. The number of hydrogen-bond acceptors (Lipinski definition) is 4. The number of ether oxygens (including phenoxy) is 1. The van der Waals surface area contributed by atoms with E-state index in [0.29, 0.717) is 6.61 Å². The van der Waals surface area contributed by atoms with Crippen LogP contribution < -0.4 is 5.32 Å².